The number of nitrogens with one attached hydrogen (secondary N) is 2. The smallest absolute Gasteiger partial charge is 0.253 e. The summed E-state index contributed by atoms with van der Waals surface area (Å²) < 4.78 is 12.7. The van der Waals surface area contributed by atoms with Gasteiger partial charge >= 0.3 is 0 Å². The van der Waals surface area contributed by atoms with Crippen molar-refractivity contribution < 1.29 is 9.18 Å². The molecule has 6 nitrogen and oxygen atoms in total. The molecule has 0 atom stereocenters. The number of aromatic amines is 1. The van der Waals surface area contributed by atoms with Gasteiger partial charge in [0.05, 0.1) is 30.2 Å². The predicted molar refractivity (Wildman–Crippen MR) is 69.3 cm³/mol. The van der Waals surface area contributed by atoms with Gasteiger partial charge in [-0.2, -0.15) is 5.10 Å². The highest BCUT2D eigenvalue weighted by molar-refractivity contribution is 5.96. The van der Waals surface area contributed by atoms with Crippen LogP contribution in [-0.2, 0) is 6.54 Å². The first kappa shape index (κ1) is 12.2. The summed E-state index contributed by atoms with van der Waals surface area (Å²) in [6.07, 6.45) is 4.18. The Bertz CT molecular complexity index is 753. The maximum Gasteiger partial charge on any atom is 0.253 e. The summed E-state index contributed by atoms with van der Waals surface area (Å²) in [5.41, 5.74) is 1.64. The summed E-state index contributed by atoms with van der Waals surface area (Å²) in [7, 11) is 0. The first-order valence-corrected chi connectivity index (χ1v) is 5.90. The molecule has 2 N–H and O–H groups in total. The lowest BCUT2D eigenvalue weighted by molar-refractivity contribution is 0.0950. The minimum Gasteiger partial charge on any atom is -0.346 e. The number of amides is 1. The van der Waals surface area contributed by atoms with Crippen LogP contribution in [-0.4, -0.2) is 26.1 Å². The minimum atomic E-state index is -0.408. The van der Waals surface area contributed by atoms with Crippen molar-refractivity contribution in [3.05, 3.63) is 53.9 Å². The molecule has 0 radical (unpaired) electrons. The van der Waals surface area contributed by atoms with E-state index < -0.39 is 5.82 Å². The second-order valence-electron chi connectivity index (χ2n) is 4.18. The minimum absolute atomic E-state index is 0.225. The van der Waals surface area contributed by atoms with E-state index in [4.69, 9.17) is 0 Å². The Morgan fingerprint density at radius 3 is 2.95 bits per heavy atom. The Kier molecular flexibility index (Phi) is 3.08. The topological polar surface area (TPSA) is 83.6 Å². The number of fused-ring (bicyclic) bond motifs is 1. The van der Waals surface area contributed by atoms with Gasteiger partial charge in [0.2, 0.25) is 0 Å². The van der Waals surface area contributed by atoms with Crippen LogP contribution >= 0.6 is 0 Å². The molecule has 0 aromatic carbocycles. The number of H-pyrrole nitrogens is 1. The maximum atomic E-state index is 12.7. The van der Waals surface area contributed by atoms with Gasteiger partial charge in [-0.3, -0.25) is 14.9 Å². The maximum absolute atomic E-state index is 12.7. The van der Waals surface area contributed by atoms with Crippen LogP contribution in [0.1, 0.15) is 16.1 Å². The molecule has 3 aromatic rings. The van der Waals surface area contributed by atoms with E-state index in [1.54, 1.807) is 12.3 Å². The zero-order valence-electron chi connectivity index (χ0n) is 10.3. The molecule has 100 valence electrons. The van der Waals surface area contributed by atoms with Gasteiger partial charge in [0.25, 0.3) is 5.91 Å². The fourth-order valence-corrected chi connectivity index (χ4v) is 1.74. The predicted octanol–water partition coefficient (Wildman–Crippen LogP) is 1.42. The molecule has 3 aromatic heterocycles. The SMILES string of the molecule is O=C(NCc1ccc(F)cn1)c1cnc2[nH]ncc2c1. The lowest BCUT2D eigenvalue weighted by Crippen LogP contribution is -2.23. The van der Waals surface area contributed by atoms with E-state index in [1.165, 1.54) is 18.3 Å². The van der Waals surface area contributed by atoms with Crippen LogP contribution < -0.4 is 5.32 Å². The Balaban J connectivity index is 1.70. The molecule has 3 heterocycles. The van der Waals surface area contributed by atoms with Crippen molar-refractivity contribution in [2.75, 3.05) is 0 Å². The van der Waals surface area contributed by atoms with Gasteiger partial charge in [-0.15, -0.1) is 0 Å². The third-order valence-corrected chi connectivity index (χ3v) is 2.77. The molecule has 0 aliphatic heterocycles. The Morgan fingerprint density at radius 2 is 2.15 bits per heavy atom. The van der Waals surface area contributed by atoms with Crippen molar-refractivity contribution in [3.63, 3.8) is 0 Å². The fraction of sp³-hybridized carbons (Fsp3) is 0.0769. The highest BCUT2D eigenvalue weighted by atomic mass is 19.1. The van der Waals surface area contributed by atoms with Gasteiger partial charge in [-0.25, -0.2) is 9.37 Å². The fourth-order valence-electron chi connectivity index (χ4n) is 1.74. The Morgan fingerprint density at radius 1 is 1.25 bits per heavy atom. The van der Waals surface area contributed by atoms with Gasteiger partial charge in [-0.1, -0.05) is 0 Å². The summed E-state index contributed by atoms with van der Waals surface area (Å²) >= 11 is 0. The molecule has 0 saturated carbocycles. The van der Waals surface area contributed by atoms with E-state index in [0.29, 0.717) is 16.9 Å². The van der Waals surface area contributed by atoms with E-state index in [9.17, 15) is 9.18 Å². The van der Waals surface area contributed by atoms with E-state index in [2.05, 4.69) is 25.5 Å². The number of hydrogen-bond donors (Lipinski definition) is 2. The van der Waals surface area contributed by atoms with Crippen molar-refractivity contribution in [2.45, 2.75) is 6.54 Å². The number of pyridine rings is 2. The van der Waals surface area contributed by atoms with Crippen LogP contribution in [0.3, 0.4) is 0 Å². The summed E-state index contributed by atoms with van der Waals surface area (Å²) in [5, 5.41) is 10.0. The summed E-state index contributed by atoms with van der Waals surface area (Å²) in [6.45, 7) is 0.225. The molecule has 0 aliphatic rings. The van der Waals surface area contributed by atoms with Crippen LogP contribution in [0.2, 0.25) is 0 Å². The molecule has 0 saturated heterocycles. The summed E-state index contributed by atoms with van der Waals surface area (Å²) in [4.78, 5) is 19.9. The van der Waals surface area contributed by atoms with Crippen LogP contribution in [0.5, 0.6) is 0 Å². The van der Waals surface area contributed by atoms with Gasteiger partial charge in [-0.05, 0) is 18.2 Å². The zero-order valence-corrected chi connectivity index (χ0v) is 10.3. The van der Waals surface area contributed by atoms with Crippen molar-refractivity contribution >= 4 is 16.9 Å². The normalized spacial score (nSPS) is 10.7. The first-order valence-electron chi connectivity index (χ1n) is 5.90. The third-order valence-electron chi connectivity index (χ3n) is 2.77. The van der Waals surface area contributed by atoms with Gasteiger partial charge in [0.1, 0.15) is 5.82 Å². The molecule has 0 aliphatic carbocycles. The molecule has 1 amide bonds. The van der Waals surface area contributed by atoms with Crippen LogP contribution in [0.4, 0.5) is 4.39 Å². The van der Waals surface area contributed by atoms with Gasteiger partial charge < -0.3 is 5.32 Å². The van der Waals surface area contributed by atoms with Crippen LogP contribution in [0, 0.1) is 5.82 Å². The molecular weight excluding hydrogens is 261 g/mol. The quantitative estimate of drug-likeness (QED) is 0.754. The lowest BCUT2D eigenvalue weighted by Gasteiger charge is -2.04. The monoisotopic (exact) mass is 271 g/mol. The lowest BCUT2D eigenvalue weighted by atomic mass is 10.2. The average molecular weight is 271 g/mol. The van der Waals surface area contributed by atoms with Crippen molar-refractivity contribution in [1.29, 1.82) is 0 Å². The first-order chi connectivity index (χ1) is 9.72. The van der Waals surface area contributed by atoms with E-state index in [1.807, 2.05) is 0 Å². The molecular formula is C13H10FN5O. The number of rotatable bonds is 3. The second kappa shape index (κ2) is 5.04. The Labute approximate surface area is 113 Å². The van der Waals surface area contributed by atoms with E-state index in [-0.39, 0.29) is 12.5 Å². The second-order valence-corrected chi connectivity index (χ2v) is 4.18. The molecule has 20 heavy (non-hydrogen) atoms. The Hall–Kier alpha value is -2.83. The van der Waals surface area contributed by atoms with E-state index in [0.717, 1.165) is 11.6 Å². The summed E-state index contributed by atoms with van der Waals surface area (Å²) in [5.74, 6) is -0.679. The number of aromatic nitrogens is 4. The molecule has 0 fully saturated rings. The van der Waals surface area contributed by atoms with Gasteiger partial charge in [0.15, 0.2) is 5.65 Å². The standard InChI is InChI=1S/C13H10FN5O/c14-10-1-2-11(15-6-10)7-17-13(20)9-3-8-5-18-19-12(8)16-4-9/h1-6H,7H2,(H,17,20)(H,16,18,19). The van der Waals surface area contributed by atoms with Crippen molar-refractivity contribution in [2.24, 2.45) is 0 Å². The molecule has 7 heteroatoms. The number of nitrogens with zero attached hydrogens (tertiary/aromatic N) is 3. The van der Waals surface area contributed by atoms with Crippen molar-refractivity contribution in [3.8, 4) is 0 Å². The average Bonchev–Trinajstić information content (AvgIpc) is 2.93. The molecule has 3 rings (SSSR count). The largest absolute Gasteiger partial charge is 0.346 e. The third kappa shape index (κ3) is 2.46. The number of halogens is 1. The highest BCUT2D eigenvalue weighted by Gasteiger charge is 2.08. The zero-order chi connectivity index (χ0) is 13.9. The summed E-state index contributed by atoms with van der Waals surface area (Å²) in [6, 6.07) is 4.51. The number of carbonyl (C=O) groups is 1. The highest BCUT2D eigenvalue weighted by Crippen LogP contribution is 2.09. The van der Waals surface area contributed by atoms with Gasteiger partial charge in [0, 0.05) is 11.6 Å². The van der Waals surface area contributed by atoms with Crippen LogP contribution in [0.25, 0.3) is 11.0 Å². The number of hydrogen-bond acceptors (Lipinski definition) is 4. The molecule has 0 bridgehead atoms. The van der Waals surface area contributed by atoms with E-state index >= 15 is 0 Å². The van der Waals surface area contributed by atoms with Crippen LogP contribution in [0.15, 0.2) is 36.8 Å². The molecule has 0 unspecified atom stereocenters. The molecule has 0 spiro atoms. The number of carbonyl (C=O) groups excluding carboxylic acids is 1. The van der Waals surface area contributed by atoms with Crippen molar-refractivity contribution in [1.82, 2.24) is 25.5 Å².